The van der Waals surface area contributed by atoms with Crippen molar-refractivity contribution in [3.05, 3.63) is 12.2 Å². The molecule has 0 saturated carbocycles. The Morgan fingerprint density at radius 3 is 0.855 bits per heavy atom. The van der Waals surface area contributed by atoms with Crippen molar-refractivity contribution in [3.63, 3.8) is 0 Å². The van der Waals surface area contributed by atoms with Gasteiger partial charge >= 0.3 is 5.97 Å². The molecule has 0 heterocycles. The molecule has 2 unspecified atom stereocenters. The molecule has 0 spiro atoms. The molecule has 494 valence electrons. The Morgan fingerprint density at radius 1 is 0.325 bits per heavy atom. The van der Waals surface area contributed by atoms with E-state index in [1.54, 1.807) is 0 Å². The number of aliphatic hydroxyl groups excluding tert-OH is 2. The largest absolute Gasteiger partial charge is 0.466 e. The third-order valence-corrected chi connectivity index (χ3v) is 18.3. The number of allylic oxidation sites excluding steroid dienone is 2. The molecule has 2 atom stereocenters. The van der Waals surface area contributed by atoms with Crippen LogP contribution in [0.15, 0.2) is 12.2 Å². The quantitative estimate of drug-likeness (QED) is 0.0320. The topological polar surface area (TPSA) is 95.9 Å². The first-order valence-corrected chi connectivity index (χ1v) is 38.4. The van der Waals surface area contributed by atoms with Crippen molar-refractivity contribution in [1.82, 2.24) is 5.32 Å². The van der Waals surface area contributed by atoms with E-state index < -0.39 is 12.1 Å². The molecule has 0 aliphatic carbocycles. The van der Waals surface area contributed by atoms with Gasteiger partial charge in [-0.3, -0.25) is 9.59 Å². The molecule has 0 saturated heterocycles. The van der Waals surface area contributed by atoms with Gasteiger partial charge in [0, 0.05) is 12.8 Å². The lowest BCUT2D eigenvalue weighted by atomic mass is 10.0. The number of esters is 1. The molecule has 0 radical (unpaired) electrons. The van der Waals surface area contributed by atoms with Gasteiger partial charge in [0.1, 0.15) is 0 Å². The summed E-state index contributed by atoms with van der Waals surface area (Å²) in [5, 5.41) is 23.5. The van der Waals surface area contributed by atoms with E-state index in [1.807, 2.05) is 0 Å². The molecule has 0 aromatic rings. The van der Waals surface area contributed by atoms with Gasteiger partial charge in [-0.15, -0.1) is 0 Å². The second-order valence-electron chi connectivity index (χ2n) is 26.7. The predicted molar refractivity (Wildman–Crippen MR) is 366 cm³/mol. The minimum atomic E-state index is -0.663. The summed E-state index contributed by atoms with van der Waals surface area (Å²) in [6.07, 6.45) is 91.5. The zero-order valence-corrected chi connectivity index (χ0v) is 56.7. The first kappa shape index (κ1) is 81.6. The predicted octanol–water partition coefficient (Wildman–Crippen LogP) is 25.1. The summed E-state index contributed by atoms with van der Waals surface area (Å²) >= 11 is 0. The average molecular weight is 1170 g/mol. The van der Waals surface area contributed by atoms with Gasteiger partial charge in [0.2, 0.25) is 5.91 Å². The van der Waals surface area contributed by atoms with Crippen LogP contribution in [0, 0.1) is 0 Å². The van der Waals surface area contributed by atoms with E-state index in [9.17, 15) is 19.8 Å². The molecule has 83 heavy (non-hydrogen) atoms. The normalized spacial score (nSPS) is 12.5. The van der Waals surface area contributed by atoms with Crippen molar-refractivity contribution in [2.45, 2.75) is 456 Å². The molecule has 0 aromatic heterocycles. The van der Waals surface area contributed by atoms with E-state index in [0.717, 1.165) is 44.9 Å². The molecule has 0 bridgehead atoms. The van der Waals surface area contributed by atoms with Crippen molar-refractivity contribution in [3.8, 4) is 0 Å². The molecule has 1 amide bonds. The maximum atomic E-state index is 12.6. The van der Waals surface area contributed by atoms with Crippen molar-refractivity contribution in [2.24, 2.45) is 0 Å². The van der Waals surface area contributed by atoms with Gasteiger partial charge < -0.3 is 20.3 Å². The number of rotatable bonds is 73. The van der Waals surface area contributed by atoms with Gasteiger partial charge in [-0.05, 0) is 51.4 Å². The Balaban J connectivity index is 3.34. The van der Waals surface area contributed by atoms with Crippen LogP contribution in [-0.2, 0) is 14.3 Å². The number of amides is 1. The molecule has 0 aliphatic heterocycles. The second kappa shape index (κ2) is 73.1. The fourth-order valence-electron chi connectivity index (χ4n) is 12.5. The number of carbonyl (C=O) groups excluding carboxylic acids is 2. The van der Waals surface area contributed by atoms with Crippen molar-refractivity contribution in [1.29, 1.82) is 0 Å². The van der Waals surface area contributed by atoms with Gasteiger partial charge in [0.15, 0.2) is 0 Å². The second-order valence-corrected chi connectivity index (χ2v) is 26.7. The summed E-state index contributed by atoms with van der Waals surface area (Å²) in [7, 11) is 0. The van der Waals surface area contributed by atoms with Crippen LogP contribution in [0.4, 0.5) is 0 Å². The number of aliphatic hydroxyl groups is 2. The zero-order chi connectivity index (χ0) is 59.9. The first-order valence-electron chi connectivity index (χ1n) is 38.4. The van der Waals surface area contributed by atoms with Crippen LogP contribution in [0.25, 0.3) is 0 Å². The molecule has 6 nitrogen and oxygen atoms in total. The lowest BCUT2D eigenvalue weighted by Gasteiger charge is -2.22. The SMILES string of the molecule is CCCCCCC/C=C\CCCCCCCC(=O)OCCCCCCCCCCCCCCCCCCCCCCCCCCCCCCCC(=O)NC(CO)C(O)CCCCCCCCCCCCCCCCCCCCCCCCC. The Kier molecular flexibility index (Phi) is 71.8. The summed E-state index contributed by atoms with van der Waals surface area (Å²) in [6.45, 7) is 4.99. The molecular formula is C77H151NO5. The molecular weight excluding hydrogens is 1020 g/mol. The highest BCUT2D eigenvalue weighted by Gasteiger charge is 2.20. The number of hydrogen-bond acceptors (Lipinski definition) is 5. The maximum absolute atomic E-state index is 12.6. The van der Waals surface area contributed by atoms with Crippen LogP contribution in [0.5, 0.6) is 0 Å². The third-order valence-electron chi connectivity index (χ3n) is 18.3. The van der Waals surface area contributed by atoms with Crippen LogP contribution in [-0.4, -0.2) is 47.4 Å². The Bertz CT molecular complexity index is 1260. The molecule has 0 rings (SSSR count). The molecule has 3 N–H and O–H groups in total. The van der Waals surface area contributed by atoms with Crippen molar-refractivity contribution < 1.29 is 24.5 Å². The monoisotopic (exact) mass is 1170 g/mol. The van der Waals surface area contributed by atoms with Crippen LogP contribution < -0.4 is 5.32 Å². The minimum Gasteiger partial charge on any atom is -0.466 e. The fraction of sp³-hybridized carbons (Fsp3) is 0.948. The highest BCUT2D eigenvalue weighted by Crippen LogP contribution is 2.20. The number of hydrogen-bond donors (Lipinski definition) is 3. The lowest BCUT2D eigenvalue weighted by Crippen LogP contribution is -2.45. The molecule has 0 aliphatic rings. The summed E-state index contributed by atoms with van der Waals surface area (Å²) in [6, 6.07) is -0.539. The minimum absolute atomic E-state index is 0.0121. The highest BCUT2D eigenvalue weighted by atomic mass is 16.5. The van der Waals surface area contributed by atoms with Gasteiger partial charge in [0.25, 0.3) is 0 Å². The van der Waals surface area contributed by atoms with Crippen LogP contribution in [0.2, 0.25) is 0 Å². The van der Waals surface area contributed by atoms with E-state index in [1.165, 1.54) is 366 Å². The number of ether oxygens (including phenoxy) is 1. The van der Waals surface area contributed by atoms with E-state index in [-0.39, 0.29) is 18.5 Å². The lowest BCUT2D eigenvalue weighted by molar-refractivity contribution is -0.143. The summed E-state index contributed by atoms with van der Waals surface area (Å²) < 4.78 is 5.49. The number of carbonyl (C=O) groups is 2. The Hall–Kier alpha value is -1.40. The zero-order valence-electron chi connectivity index (χ0n) is 56.7. The summed E-state index contributed by atoms with van der Waals surface area (Å²) in [5.41, 5.74) is 0. The fourth-order valence-corrected chi connectivity index (χ4v) is 12.5. The van der Waals surface area contributed by atoms with E-state index in [2.05, 4.69) is 31.3 Å². The van der Waals surface area contributed by atoms with Gasteiger partial charge in [0.05, 0.1) is 25.4 Å². The standard InChI is InChI=1S/C77H151NO5/c1-3-5-7-9-11-13-15-17-19-20-21-22-30-33-36-39-42-45-49-53-57-61-65-69-75(80)74(73-79)78-76(81)70-66-62-58-54-50-46-43-40-37-34-31-28-26-24-23-25-27-29-32-35-38-41-44-48-52-56-60-64-68-72-83-77(82)71-67-63-59-55-51-47-18-16-14-12-10-8-6-4-2/h16,18,74-75,79-80H,3-15,17,19-73H2,1-2H3,(H,78,81)/b18-16-. The van der Waals surface area contributed by atoms with E-state index in [0.29, 0.717) is 25.9 Å². The third kappa shape index (κ3) is 69.6. The number of nitrogens with one attached hydrogen (secondary N) is 1. The van der Waals surface area contributed by atoms with Gasteiger partial charge in [-0.1, -0.05) is 392 Å². The molecule has 6 heteroatoms. The van der Waals surface area contributed by atoms with E-state index >= 15 is 0 Å². The van der Waals surface area contributed by atoms with Crippen LogP contribution >= 0.6 is 0 Å². The Labute approximate surface area is 520 Å². The van der Waals surface area contributed by atoms with Crippen molar-refractivity contribution >= 4 is 11.9 Å². The number of unbranched alkanes of at least 4 members (excludes halogenated alkanes) is 60. The van der Waals surface area contributed by atoms with Gasteiger partial charge in [-0.25, -0.2) is 0 Å². The van der Waals surface area contributed by atoms with Gasteiger partial charge in [-0.2, -0.15) is 0 Å². The van der Waals surface area contributed by atoms with Crippen LogP contribution in [0.3, 0.4) is 0 Å². The smallest absolute Gasteiger partial charge is 0.305 e. The average Bonchev–Trinajstić information content (AvgIpc) is 3.49. The summed E-state index contributed by atoms with van der Waals surface area (Å²) in [5.74, 6) is -0.0135. The van der Waals surface area contributed by atoms with E-state index in [4.69, 9.17) is 4.74 Å². The van der Waals surface area contributed by atoms with Crippen LogP contribution in [0.1, 0.15) is 444 Å². The Morgan fingerprint density at radius 2 is 0.566 bits per heavy atom. The highest BCUT2D eigenvalue weighted by molar-refractivity contribution is 5.76. The summed E-state index contributed by atoms with van der Waals surface area (Å²) in [4.78, 5) is 24.6. The first-order chi connectivity index (χ1) is 41.0. The molecule has 0 aromatic carbocycles. The molecule has 0 fully saturated rings. The van der Waals surface area contributed by atoms with Crippen molar-refractivity contribution in [2.75, 3.05) is 13.2 Å². The maximum Gasteiger partial charge on any atom is 0.305 e.